The minimum absolute atomic E-state index is 0.665. The fourth-order valence-electron chi connectivity index (χ4n) is 3.76. The normalized spacial score (nSPS) is 39.5. The van der Waals surface area contributed by atoms with E-state index in [1.807, 2.05) is 0 Å². The summed E-state index contributed by atoms with van der Waals surface area (Å²) in [6.45, 7) is 8.44. The third-order valence-corrected chi connectivity index (χ3v) is 5.26. The van der Waals surface area contributed by atoms with Crippen molar-refractivity contribution in [3.05, 3.63) is 0 Å². The molecule has 1 saturated carbocycles. The van der Waals surface area contributed by atoms with Crippen molar-refractivity contribution in [2.24, 2.45) is 11.8 Å². The van der Waals surface area contributed by atoms with Gasteiger partial charge in [-0.3, -0.25) is 0 Å². The second kappa shape index (κ2) is 6.91. The highest BCUT2D eigenvalue weighted by Gasteiger charge is 2.30. The summed E-state index contributed by atoms with van der Waals surface area (Å²) in [6.07, 6.45) is 9.68. The van der Waals surface area contributed by atoms with Crippen molar-refractivity contribution in [2.45, 2.75) is 83.8 Å². The van der Waals surface area contributed by atoms with Gasteiger partial charge < -0.3 is 10.6 Å². The lowest BCUT2D eigenvalue weighted by Gasteiger charge is -2.27. The minimum Gasteiger partial charge on any atom is -0.314 e. The summed E-state index contributed by atoms with van der Waals surface area (Å²) in [5.41, 5.74) is 0. The Morgan fingerprint density at radius 1 is 1.11 bits per heavy atom. The smallest absolute Gasteiger partial charge is 0.00978 e. The van der Waals surface area contributed by atoms with Crippen molar-refractivity contribution in [1.29, 1.82) is 0 Å². The van der Waals surface area contributed by atoms with Gasteiger partial charge in [-0.15, -0.1) is 0 Å². The predicted molar refractivity (Wildman–Crippen MR) is 78.8 cm³/mol. The quantitative estimate of drug-likeness (QED) is 0.802. The van der Waals surface area contributed by atoms with Crippen LogP contribution in [0.5, 0.6) is 0 Å². The van der Waals surface area contributed by atoms with Crippen LogP contribution in [0.3, 0.4) is 0 Å². The molecule has 106 valence electrons. The highest BCUT2D eigenvalue weighted by atomic mass is 15.0. The Bertz CT molecular complexity index is 233. The Morgan fingerprint density at radius 2 is 1.94 bits per heavy atom. The average molecular weight is 252 g/mol. The van der Waals surface area contributed by atoms with Crippen LogP contribution in [0, 0.1) is 11.8 Å². The standard InChI is InChI=1S/C16H32N2/c1-12-8-9-16(14(12)3)18-13(2)11-15-7-5-4-6-10-17-15/h12-18H,4-11H2,1-3H3. The SMILES string of the molecule is CC(CC1CCCCCN1)NC1CCC(C)C1C. The summed E-state index contributed by atoms with van der Waals surface area (Å²) in [4.78, 5) is 0. The van der Waals surface area contributed by atoms with Gasteiger partial charge in [0.1, 0.15) is 0 Å². The molecule has 2 aliphatic rings. The van der Waals surface area contributed by atoms with Crippen LogP contribution in [0.1, 0.15) is 65.7 Å². The first-order valence-corrected chi connectivity index (χ1v) is 8.16. The molecule has 0 aromatic rings. The summed E-state index contributed by atoms with van der Waals surface area (Å²) >= 11 is 0. The van der Waals surface area contributed by atoms with Gasteiger partial charge in [0, 0.05) is 18.1 Å². The summed E-state index contributed by atoms with van der Waals surface area (Å²) in [5, 5.41) is 7.60. The molecule has 0 aromatic carbocycles. The maximum Gasteiger partial charge on any atom is 0.00978 e. The molecule has 0 radical (unpaired) electrons. The number of rotatable bonds is 4. The number of hydrogen-bond acceptors (Lipinski definition) is 2. The van der Waals surface area contributed by atoms with E-state index in [4.69, 9.17) is 0 Å². The van der Waals surface area contributed by atoms with Crippen LogP contribution in [0.2, 0.25) is 0 Å². The second-order valence-electron chi connectivity index (χ2n) is 6.82. The summed E-state index contributed by atoms with van der Waals surface area (Å²) < 4.78 is 0. The monoisotopic (exact) mass is 252 g/mol. The van der Waals surface area contributed by atoms with E-state index in [0.29, 0.717) is 6.04 Å². The fourth-order valence-corrected chi connectivity index (χ4v) is 3.76. The van der Waals surface area contributed by atoms with Crippen LogP contribution in [0.4, 0.5) is 0 Å². The molecule has 2 heteroatoms. The third kappa shape index (κ3) is 3.96. The Hall–Kier alpha value is -0.0800. The minimum atomic E-state index is 0.665. The van der Waals surface area contributed by atoms with Crippen LogP contribution in [-0.4, -0.2) is 24.7 Å². The third-order valence-electron chi connectivity index (χ3n) is 5.26. The van der Waals surface area contributed by atoms with E-state index in [2.05, 4.69) is 31.4 Å². The number of nitrogens with one attached hydrogen (secondary N) is 2. The Kier molecular flexibility index (Phi) is 5.50. The first kappa shape index (κ1) is 14.3. The molecule has 2 fully saturated rings. The van der Waals surface area contributed by atoms with Gasteiger partial charge in [0.15, 0.2) is 0 Å². The van der Waals surface area contributed by atoms with Crippen molar-refractivity contribution in [1.82, 2.24) is 10.6 Å². The zero-order valence-electron chi connectivity index (χ0n) is 12.5. The average Bonchev–Trinajstić information content (AvgIpc) is 2.60. The fraction of sp³-hybridized carbons (Fsp3) is 1.00. The van der Waals surface area contributed by atoms with E-state index in [0.717, 1.165) is 23.9 Å². The van der Waals surface area contributed by atoms with Crippen molar-refractivity contribution < 1.29 is 0 Å². The molecule has 2 N–H and O–H groups in total. The molecule has 2 rings (SSSR count). The first-order valence-electron chi connectivity index (χ1n) is 8.16. The van der Waals surface area contributed by atoms with Gasteiger partial charge in [-0.25, -0.2) is 0 Å². The molecule has 0 bridgehead atoms. The Labute approximate surface area is 113 Å². The molecule has 5 atom stereocenters. The number of hydrogen-bond donors (Lipinski definition) is 2. The molecule has 1 heterocycles. The van der Waals surface area contributed by atoms with E-state index >= 15 is 0 Å². The van der Waals surface area contributed by atoms with Crippen molar-refractivity contribution >= 4 is 0 Å². The van der Waals surface area contributed by atoms with E-state index in [1.165, 1.54) is 51.5 Å². The summed E-state index contributed by atoms with van der Waals surface area (Å²) in [7, 11) is 0. The van der Waals surface area contributed by atoms with Gasteiger partial charge in [-0.1, -0.05) is 26.7 Å². The van der Waals surface area contributed by atoms with Crippen molar-refractivity contribution in [3.8, 4) is 0 Å². The molecular weight excluding hydrogens is 220 g/mol. The molecule has 0 spiro atoms. The first-order chi connectivity index (χ1) is 8.66. The molecule has 1 aliphatic carbocycles. The Morgan fingerprint density at radius 3 is 2.67 bits per heavy atom. The predicted octanol–water partition coefficient (Wildman–Crippen LogP) is 3.32. The van der Waals surface area contributed by atoms with Crippen molar-refractivity contribution in [3.63, 3.8) is 0 Å². The van der Waals surface area contributed by atoms with E-state index in [9.17, 15) is 0 Å². The van der Waals surface area contributed by atoms with Crippen LogP contribution in [-0.2, 0) is 0 Å². The molecular formula is C16H32N2. The summed E-state index contributed by atoms with van der Waals surface area (Å²) in [5.74, 6) is 1.76. The summed E-state index contributed by atoms with van der Waals surface area (Å²) in [6, 6.07) is 2.18. The van der Waals surface area contributed by atoms with Crippen molar-refractivity contribution in [2.75, 3.05) is 6.54 Å². The zero-order valence-corrected chi connectivity index (χ0v) is 12.5. The van der Waals surface area contributed by atoms with E-state index in [1.54, 1.807) is 0 Å². The lowest BCUT2D eigenvalue weighted by molar-refractivity contribution is 0.317. The second-order valence-corrected chi connectivity index (χ2v) is 6.82. The Balaban J connectivity index is 1.72. The van der Waals surface area contributed by atoms with Crippen LogP contribution < -0.4 is 10.6 Å². The van der Waals surface area contributed by atoms with Gasteiger partial charge in [0.2, 0.25) is 0 Å². The maximum atomic E-state index is 3.89. The molecule has 18 heavy (non-hydrogen) atoms. The lowest BCUT2D eigenvalue weighted by atomic mass is 9.96. The molecule has 2 nitrogen and oxygen atoms in total. The van der Waals surface area contributed by atoms with Gasteiger partial charge in [0.05, 0.1) is 0 Å². The zero-order chi connectivity index (χ0) is 13.0. The van der Waals surface area contributed by atoms with Crippen LogP contribution in [0.25, 0.3) is 0 Å². The largest absolute Gasteiger partial charge is 0.314 e. The highest BCUT2D eigenvalue weighted by molar-refractivity contribution is 4.87. The topological polar surface area (TPSA) is 24.1 Å². The van der Waals surface area contributed by atoms with Crippen LogP contribution in [0.15, 0.2) is 0 Å². The molecule has 0 amide bonds. The van der Waals surface area contributed by atoms with Gasteiger partial charge in [-0.05, 0) is 57.4 Å². The van der Waals surface area contributed by atoms with Gasteiger partial charge >= 0.3 is 0 Å². The lowest BCUT2D eigenvalue weighted by Crippen LogP contribution is -2.42. The van der Waals surface area contributed by atoms with E-state index < -0.39 is 0 Å². The molecule has 1 aliphatic heterocycles. The van der Waals surface area contributed by atoms with Gasteiger partial charge in [0.25, 0.3) is 0 Å². The van der Waals surface area contributed by atoms with Gasteiger partial charge in [-0.2, -0.15) is 0 Å². The maximum absolute atomic E-state index is 3.89. The highest BCUT2D eigenvalue weighted by Crippen LogP contribution is 2.31. The molecule has 1 saturated heterocycles. The molecule has 0 aromatic heterocycles. The molecule has 5 unspecified atom stereocenters. The van der Waals surface area contributed by atoms with Crippen LogP contribution >= 0.6 is 0 Å². The van der Waals surface area contributed by atoms with E-state index in [-0.39, 0.29) is 0 Å².